The van der Waals surface area contributed by atoms with Gasteiger partial charge in [-0.1, -0.05) is 13.5 Å². The largest absolute Gasteiger partial charge is 0.462 e. The van der Waals surface area contributed by atoms with Crippen molar-refractivity contribution in [2.24, 2.45) is 29.6 Å². The van der Waals surface area contributed by atoms with Crippen LogP contribution in [0.3, 0.4) is 0 Å². The number of ether oxygens (including phenoxy) is 3. The first kappa shape index (κ1) is 16.0. The molecule has 6 unspecified atom stereocenters. The molecular formula is C17H22O6. The van der Waals surface area contributed by atoms with Crippen LogP contribution in [0.2, 0.25) is 0 Å². The maximum atomic E-state index is 12.4. The zero-order valence-electron chi connectivity index (χ0n) is 13.4. The predicted octanol–water partition coefficient (Wildman–Crippen LogP) is 1.48. The van der Waals surface area contributed by atoms with Crippen LogP contribution < -0.4 is 0 Å². The third-order valence-corrected chi connectivity index (χ3v) is 5.42. The number of rotatable bonds is 6. The van der Waals surface area contributed by atoms with E-state index in [0.717, 1.165) is 12.8 Å². The van der Waals surface area contributed by atoms with Crippen molar-refractivity contribution in [2.45, 2.75) is 32.8 Å². The Morgan fingerprint density at radius 3 is 2.61 bits per heavy atom. The minimum absolute atomic E-state index is 0.00622. The maximum absolute atomic E-state index is 12.4. The van der Waals surface area contributed by atoms with Crippen molar-refractivity contribution in [3.8, 4) is 0 Å². The molecule has 0 aromatic carbocycles. The molecule has 0 spiro atoms. The Morgan fingerprint density at radius 2 is 1.96 bits per heavy atom. The minimum atomic E-state index is -0.505. The summed E-state index contributed by atoms with van der Waals surface area (Å²) in [4.78, 5) is 35.7. The average Bonchev–Trinajstić information content (AvgIpc) is 3.11. The van der Waals surface area contributed by atoms with Crippen molar-refractivity contribution in [3.05, 3.63) is 12.2 Å². The fourth-order valence-electron chi connectivity index (χ4n) is 4.54. The van der Waals surface area contributed by atoms with E-state index in [1.54, 1.807) is 6.92 Å². The molecule has 1 heterocycles. The first-order valence-electron chi connectivity index (χ1n) is 8.15. The van der Waals surface area contributed by atoms with E-state index in [1.807, 2.05) is 0 Å². The lowest BCUT2D eigenvalue weighted by Crippen LogP contribution is -2.38. The van der Waals surface area contributed by atoms with Gasteiger partial charge in [-0.25, -0.2) is 4.79 Å². The van der Waals surface area contributed by atoms with Crippen LogP contribution in [0.15, 0.2) is 12.2 Å². The summed E-state index contributed by atoms with van der Waals surface area (Å²) >= 11 is 0. The van der Waals surface area contributed by atoms with Crippen LogP contribution in [-0.2, 0) is 28.6 Å². The van der Waals surface area contributed by atoms with Crippen molar-refractivity contribution < 1.29 is 28.6 Å². The van der Waals surface area contributed by atoms with Gasteiger partial charge in [-0.3, -0.25) is 9.59 Å². The van der Waals surface area contributed by atoms with Gasteiger partial charge >= 0.3 is 17.9 Å². The lowest BCUT2D eigenvalue weighted by atomic mass is 9.73. The number of fused-ring (bicyclic) bond motifs is 1. The lowest BCUT2D eigenvalue weighted by molar-refractivity contribution is -0.158. The van der Waals surface area contributed by atoms with E-state index in [9.17, 15) is 14.4 Å². The molecule has 3 fully saturated rings. The first-order chi connectivity index (χ1) is 11.0. The number of hydrogen-bond donors (Lipinski definition) is 0. The van der Waals surface area contributed by atoms with Gasteiger partial charge in [0.1, 0.15) is 19.3 Å². The fraction of sp³-hybridized carbons (Fsp3) is 0.706. The highest BCUT2D eigenvalue weighted by molar-refractivity contribution is 5.87. The molecule has 126 valence electrons. The zero-order chi connectivity index (χ0) is 16.7. The molecule has 2 saturated carbocycles. The molecule has 6 heteroatoms. The molecule has 1 aliphatic heterocycles. The molecular weight excluding hydrogens is 300 g/mol. The van der Waals surface area contributed by atoms with E-state index in [-0.39, 0.29) is 54.9 Å². The minimum Gasteiger partial charge on any atom is -0.462 e. The van der Waals surface area contributed by atoms with Crippen molar-refractivity contribution in [1.82, 2.24) is 0 Å². The van der Waals surface area contributed by atoms with Crippen LogP contribution in [0, 0.1) is 29.6 Å². The molecule has 6 atom stereocenters. The molecule has 23 heavy (non-hydrogen) atoms. The van der Waals surface area contributed by atoms with Crippen LogP contribution in [0.25, 0.3) is 0 Å². The van der Waals surface area contributed by atoms with Crippen molar-refractivity contribution in [2.75, 3.05) is 13.2 Å². The smallest absolute Gasteiger partial charge is 0.333 e. The zero-order valence-corrected chi connectivity index (χ0v) is 13.4. The second-order valence-corrected chi connectivity index (χ2v) is 6.67. The molecule has 0 aromatic rings. The maximum Gasteiger partial charge on any atom is 0.333 e. The normalized spacial score (nSPS) is 36.7. The molecule has 0 amide bonds. The summed E-state index contributed by atoms with van der Waals surface area (Å²) in [6.45, 7) is 7.08. The van der Waals surface area contributed by atoms with Crippen LogP contribution in [-0.4, -0.2) is 37.2 Å². The molecule has 0 aromatic heterocycles. The topological polar surface area (TPSA) is 78.9 Å². The highest BCUT2D eigenvalue weighted by Gasteiger charge is 2.68. The monoisotopic (exact) mass is 322 g/mol. The molecule has 3 rings (SSSR count). The highest BCUT2D eigenvalue weighted by Crippen LogP contribution is 2.61. The second kappa shape index (κ2) is 5.98. The van der Waals surface area contributed by atoms with Crippen LogP contribution in [0.5, 0.6) is 0 Å². The SMILES string of the molecule is C=C(C)C(=O)OCCOC(=O)C1C2CC3C(OC(=O)C31)C2CC. The van der Waals surface area contributed by atoms with Crippen molar-refractivity contribution in [1.29, 1.82) is 0 Å². The Balaban J connectivity index is 1.57. The van der Waals surface area contributed by atoms with Gasteiger partial charge in [-0.2, -0.15) is 0 Å². The van der Waals surface area contributed by atoms with Gasteiger partial charge < -0.3 is 14.2 Å². The predicted molar refractivity (Wildman–Crippen MR) is 79.0 cm³/mol. The number of carbonyl (C=O) groups excluding carboxylic acids is 3. The third-order valence-electron chi connectivity index (χ3n) is 5.42. The summed E-state index contributed by atoms with van der Waals surface area (Å²) in [6, 6.07) is 0. The van der Waals surface area contributed by atoms with Gasteiger partial charge in [0.15, 0.2) is 0 Å². The molecule has 2 bridgehead atoms. The summed E-state index contributed by atoms with van der Waals surface area (Å²) in [6.07, 6.45) is 1.75. The van der Waals surface area contributed by atoms with E-state index in [2.05, 4.69) is 13.5 Å². The Bertz CT molecular complexity index is 553. The van der Waals surface area contributed by atoms with Gasteiger partial charge in [-0.15, -0.1) is 0 Å². The van der Waals surface area contributed by atoms with Gasteiger partial charge in [0, 0.05) is 11.5 Å². The summed E-state index contributed by atoms with van der Waals surface area (Å²) in [5.41, 5.74) is 0.301. The summed E-state index contributed by atoms with van der Waals surface area (Å²) in [5, 5.41) is 0. The quantitative estimate of drug-likeness (QED) is 0.319. The second-order valence-electron chi connectivity index (χ2n) is 6.67. The summed E-state index contributed by atoms with van der Waals surface area (Å²) in [7, 11) is 0. The van der Waals surface area contributed by atoms with Crippen molar-refractivity contribution >= 4 is 17.9 Å². The summed E-state index contributed by atoms with van der Waals surface area (Å²) < 4.78 is 15.6. The Labute approximate surface area is 135 Å². The lowest BCUT2D eigenvalue weighted by Gasteiger charge is -2.29. The van der Waals surface area contributed by atoms with Crippen LogP contribution >= 0.6 is 0 Å². The molecule has 6 nitrogen and oxygen atoms in total. The number of carbonyl (C=O) groups is 3. The van der Waals surface area contributed by atoms with E-state index in [1.165, 1.54) is 0 Å². The van der Waals surface area contributed by atoms with Gasteiger partial charge in [-0.05, 0) is 31.6 Å². The first-order valence-corrected chi connectivity index (χ1v) is 8.15. The highest BCUT2D eigenvalue weighted by atomic mass is 16.6. The van der Waals surface area contributed by atoms with Gasteiger partial charge in [0.25, 0.3) is 0 Å². The van der Waals surface area contributed by atoms with Gasteiger partial charge in [0.05, 0.1) is 11.8 Å². The van der Waals surface area contributed by atoms with Crippen LogP contribution in [0.1, 0.15) is 26.7 Å². The number of hydrogen-bond acceptors (Lipinski definition) is 6. The molecule has 3 aliphatic rings. The third kappa shape index (κ3) is 2.54. The van der Waals surface area contributed by atoms with Gasteiger partial charge in [0.2, 0.25) is 0 Å². The Hall–Kier alpha value is -1.85. The average molecular weight is 322 g/mol. The van der Waals surface area contributed by atoms with Crippen LogP contribution in [0.4, 0.5) is 0 Å². The Morgan fingerprint density at radius 1 is 1.26 bits per heavy atom. The van der Waals surface area contributed by atoms with E-state index >= 15 is 0 Å². The Kier molecular flexibility index (Phi) is 4.17. The molecule has 2 aliphatic carbocycles. The van der Waals surface area contributed by atoms with E-state index in [0.29, 0.717) is 5.57 Å². The fourth-order valence-corrected chi connectivity index (χ4v) is 4.54. The molecule has 1 saturated heterocycles. The molecule has 0 N–H and O–H groups in total. The van der Waals surface area contributed by atoms with E-state index < -0.39 is 11.9 Å². The van der Waals surface area contributed by atoms with E-state index in [4.69, 9.17) is 14.2 Å². The number of esters is 3. The molecule has 0 radical (unpaired) electrons. The summed E-state index contributed by atoms with van der Waals surface area (Å²) in [5.74, 6) is -1.31. The standard InChI is InChI=1S/C17H22O6/c1-4-9-10-7-11-13(17(20)23-14(9)11)12(10)16(19)22-6-5-21-15(18)8(2)3/h9-14H,2,4-7H2,1,3H3. The van der Waals surface area contributed by atoms with Crippen molar-refractivity contribution in [3.63, 3.8) is 0 Å².